The van der Waals surface area contributed by atoms with Crippen molar-refractivity contribution in [2.75, 3.05) is 44.4 Å². The zero-order valence-electron chi connectivity index (χ0n) is 10.4. The molecule has 1 N–H and O–H groups in total. The predicted molar refractivity (Wildman–Crippen MR) is 77.2 cm³/mol. The smallest absolute Gasteiger partial charge is 0.143 e. The highest BCUT2D eigenvalue weighted by molar-refractivity contribution is 9.10. The van der Waals surface area contributed by atoms with Crippen molar-refractivity contribution in [3.05, 3.63) is 21.6 Å². The van der Waals surface area contributed by atoms with Gasteiger partial charge >= 0.3 is 0 Å². The summed E-state index contributed by atoms with van der Waals surface area (Å²) in [6, 6.07) is 3.80. The van der Waals surface area contributed by atoms with Crippen molar-refractivity contribution in [1.29, 1.82) is 0 Å². The van der Waals surface area contributed by atoms with Crippen molar-refractivity contribution < 1.29 is 14.6 Å². The van der Waals surface area contributed by atoms with Crippen LogP contribution in [0.5, 0.6) is 5.75 Å². The monoisotopic (exact) mass is 347 g/mol. The summed E-state index contributed by atoms with van der Waals surface area (Å²) in [5.74, 6) is 0.829. The number of hydrogen-bond acceptors (Lipinski definition) is 4. The molecule has 2 aliphatic heterocycles. The molecule has 0 atom stereocenters. The number of fused-ring (bicyclic) bond motifs is 1. The van der Waals surface area contributed by atoms with Gasteiger partial charge in [-0.1, -0.05) is 11.6 Å². The van der Waals surface area contributed by atoms with Crippen LogP contribution in [0, 0.1) is 5.41 Å². The van der Waals surface area contributed by atoms with Crippen molar-refractivity contribution in [3.63, 3.8) is 0 Å². The Labute approximate surface area is 125 Å². The molecule has 2 heterocycles. The number of nitrogens with zero attached hydrogens (tertiary/aromatic N) is 1. The lowest BCUT2D eigenvalue weighted by atomic mass is 9.86. The van der Waals surface area contributed by atoms with Gasteiger partial charge in [-0.25, -0.2) is 0 Å². The number of aliphatic hydroxyl groups is 1. The van der Waals surface area contributed by atoms with E-state index >= 15 is 0 Å². The Balaban J connectivity index is 1.87. The van der Waals surface area contributed by atoms with Gasteiger partial charge in [0.2, 0.25) is 0 Å². The molecule has 3 rings (SSSR count). The van der Waals surface area contributed by atoms with Crippen molar-refractivity contribution in [1.82, 2.24) is 0 Å². The maximum Gasteiger partial charge on any atom is 0.143 e. The first-order valence-corrected chi connectivity index (χ1v) is 7.36. The first-order chi connectivity index (χ1) is 9.13. The van der Waals surface area contributed by atoms with Crippen molar-refractivity contribution in [2.45, 2.75) is 0 Å². The van der Waals surface area contributed by atoms with Crippen molar-refractivity contribution in [3.8, 4) is 5.75 Å². The van der Waals surface area contributed by atoms with Gasteiger partial charge in [-0.05, 0) is 28.1 Å². The molecular weight excluding hydrogens is 334 g/mol. The Hall–Kier alpha value is -0.490. The number of benzene rings is 1. The van der Waals surface area contributed by atoms with Crippen LogP contribution in [0.4, 0.5) is 5.69 Å². The summed E-state index contributed by atoms with van der Waals surface area (Å²) in [6.45, 7) is 3.57. The lowest BCUT2D eigenvalue weighted by molar-refractivity contribution is -0.131. The van der Waals surface area contributed by atoms with Gasteiger partial charge in [-0.3, -0.25) is 0 Å². The summed E-state index contributed by atoms with van der Waals surface area (Å²) in [5.41, 5.74) is 0.841. The fourth-order valence-corrected chi connectivity index (χ4v) is 2.94. The Morgan fingerprint density at radius 3 is 2.84 bits per heavy atom. The Morgan fingerprint density at radius 1 is 1.42 bits per heavy atom. The largest absolute Gasteiger partial charge is 0.490 e. The molecule has 6 heteroatoms. The van der Waals surface area contributed by atoms with Crippen molar-refractivity contribution in [2.24, 2.45) is 5.41 Å². The summed E-state index contributed by atoms with van der Waals surface area (Å²) in [6.07, 6.45) is 0. The van der Waals surface area contributed by atoms with E-state index in [0.717, 1.165) is 29.0 Å². The maximum absolute atomic E-state index is 9.54. The Kier molecular flexibility index (Phi) is 3.64. The van der Waals surface area contributed by atoms with Gasteiger partial charge in [0.05, 0.1) is 42.5 Å². The lowest BCUT2D eigenvalue weighted by Crippen LogP contribution is -2.54. The molecule has 104 valence electrons. The summed E-state index contributed by atoms with van der Waals surface area (Å²) in [5, 5.41) is 10.2. The van der Waals surface area contributed by atoms with E-state index in [2.05, 4.69) is 20.8 Å². The fraction of sp³-hybridized carbons (Fsp3) is 0.538. The molecule has 0 amide bonds. The molecule has 19 heavy (non-hydrogen) atoms. The molecule has 1 aromatic carbocycles. The van der Waals surface area contributed by atoms with Gasteiger partial charge in [0.1, 0.15) is 12.4 Å². The zero-order chi connectivity index (χ0) is 13.5. The molecule has 1 fully saturated rings. The number of ether oxygens (including phenoxy) is 2. The molecule has 0 saturated carbocycles. The highest BCUT2D eigenvalue weighted by atomic mass is 79.9. The molecule has 0 aromatic heterocycles. The van der Waals surface area contributed by atoms with Gasteiger partial charge < -0.3 is 19.5 Å². The Bertz CT molecular complexity index is 488. The summed E-state index contributed by atoms with van der Waals surface area (Å²) in [7, 11) is 0. The average Bonchev–Trinajstić information content (AvgIpc) is 2.36. The van der Waals surface area contributed by atoms with Crippen LogP contribution in [-0.2, 0) is 4.74 Å². The summed E-state index contributed by atoms with van der Waals surface area (Å²) in [4.78, 5) is 2.22. The molecule has 2 aliphatic rings. The second-order valence-corrected chi connectivity index (χ2v) is 6.42. The van der Waals surface area contributed by atoms with E-state index < -0.39 is 0 Å². The second kappa shape index (κ2) is 5.13. The van der Waals surface area contributed by atoms with Crippen LogP contribution in [-0.4, -0.2) is 44.6 Å². The van der Waals surface area contributed by atoms with Crippen LogP contribution < -0.4 is 9.64 Å². The number of hydrogen-bond donors (Lipinski definition) is 1. The van der Waals surface area contributed by atoms with E-state index in [1.54, 1.807) is 0 Å². The normalized spacial score (nSPS) is 20.5. The number of anilines is 1. The first-order valence-electron chi connectivity index (χ1n) is 6.19. The molecular formula is C13H15BrClNO3. The summed E-state index contributed by atoms with van der Waals surface area (Å²) < 4.78 is 11.7. The quantitative estimate of drug-likeness (QED) is 0.910. The fourth-order valence-electron chi connectivity index (χ4n) is 2.46. The van der Waals surface area contributed by atoms with Crippen LogP contribution >= 0.6 is 27.5 Å². The third-order valence-electron chi connectivity index (χ3n) is 3.64. The van der Waals surface area contributed by atoms with Crippen molar-refractivity contribution >= 4 is 33.2 Å². The van der Waals surface area contributed by atoms with Gasteiger partial charge in [0, 0.05) is 11.0 Å². The van der Waals surface area contributed by atoms with Crippen LogP contribution in [0.25, 0.3) is 0 Å². The minimum Gasteiger partial charge on any atom is -0.490 e. The molecule has 0 unspecified atom stereocenters. The minimum atomic E-state index is -0.145. The van der Waals surface area contributed by atoms with Crippen LogP contribution in [0.15, 0.2) is 16.6 Å². The van der Waals surface area contributed by atoms with Gasteiger partial charge in [0.15, 0.2) is 0 Å². The number of aliphatic hydroxyl groups excluding tert-OH is 1. The first kappa shape index (κ1) is 13.5. The van der Waals surface area contributed by atoms with E-state index in [0.29, 0.717) is 24.8 Å². The highest BCUT2D eigenvalue weighted by Crippen LogP contribution is 2.40. The second-order valence-electron chi connectivity index (χ2n) is 5.15. The molecule has 1 aromatic rings. The van der Waals surface area contributed by atoms with E-state index in [9.17, 15) is 5.11 Å². The molecule has 0 bridgehead atoms. The maximum atomic E-state index is 9.54. The third kappa shape index (κ3) is 2.44. The topological polar surface area (TPSA) is 41.9 Å². The average molecular weight is 349 g/mol. The molecule has 0 radical (unpaired) electrons. The van der Waals surface area contributed by atoms with Crippen LogP contribution in [0.1, 0.15) is 0 Å². The van der Waals surface area contributed by atoms with E-state index in [4.69, 9.17) is 21.1 Å². The van der Waals surface area contributed by atoms with Gasteiger partial charge in [0.25, 0.3) is 0 Å². The van der Waals surface area contributed by atoms with Gasteiger partial charge in [-0.2, -0.15) is 0 Å². The number of rotatable bonds is 3. The standard InChI is InChI=1S/C13H15BrClNO3/c14-9-3-12-11(4-10(9)15)16(1-2-19-12)5-13(6-17)7-18-8-13/h3-4,17H,1-2,5-8H2. The molecule has 4 nitrogen and oxygen atoms in total. The SMILES string of the molecule is OCC1(CN2CCOc3cc(Br)c(Cl)cc32)COC1. The van der Waals surface area contributed by atoms with E-state index in [1.807, 2.05) is 12.1 Å². The van der Waals surface area contributed by atoms with Crippen LogP contribution in [0.2, 0.25) is 5.02 Å². The molecule has 0 spiro atoms. The lowest BCUT2D eigenvalue weighted by Gasteiger charge is -2.45. The molecule has 0 aliphatic carbocycles. The number of halogens is 2. The van der Waals surface area contributed by atoms with E-state index in [-0.39, 0.29) is 12.0 Å². The minimum absolute atomic E-state index is 0.143. The zero-order valence-corrected chi connectivity index (χ0v) is 12.7. The molecule has 1 saturated heterocycles. The van der Waals surface area contributed by atoms with E-state index in [1.165, 1.54) is 0 Å². The Morgan fingerprint density at radius 2 is 2.21 bits per heavy atom. The van der Waals surface area contributed by atoms with Gasteiger partial charge in [-0.15, -0.1) is 0 Å². The van der Waals surface area contributed by atoms with Crippen LogP contribution in [0.3, 0.4) is 0 Å². The summed E-state index contributed by atoms with van der Waals surface area (Å²) >= 11 is 9.56. The predicted octanol–water partition coefficient (Wildman–Crippen LogP) is 2.31. The third-order valence-corrected chi connectivity index (χ3v) is 4.84. The highest BCUT2D eigenvalue weighted by Gasteiger charge is 2.40.